The molecular weight excluding hydrogens is 253 g/mol. The van der Waals surface area contributed by atoms with Gasteiger partial charge < -0.3 is 9.84 Å². The third-order valence-electron chi connectivity index (χ3n) is 2.75. The highest BCUT2D eigenvalue weighted by Gasteiger charge is 2.66. The lowest BCUT2D eigenvalue weighted by Crippen LogP contribution is -2.58. The van der Waals surface area contributed by atoms with Crippen molar-refractivity contribution in [3.8, 4) is 0 Å². The Labute approximate surface area is 99.0 Å². The van der Waals surface area contributed by atoms with Gasteiger partial charge in [-0.05, 0) is 11.6 Å². The number of hydrogen-bond donors (Lipinski definition) is 1. The van der Waals surface area contributed by atoms with Gasteiger partial charge in [0.25, 0.3) is 0 Å². The van der Waals surface area contributed by atoms with E-state index in [2.05, 4.69) is 4.74 Å². The number of esters is 1. The number of halogens is 3. The van der Waals surface area contributed by atoms with E-state index in [1.165, 1.54) is 24.3 Å². The molecule has 7 heteroatoms. The molecule has 1 heterocycles. The highest BCUT2D eigenvalue weighted by Crippen LogP contribution is 2.40. The van der Waals surface area contributed by atoms with Crippen LogP contribution in [0, 0.1) is 0 Å². The summed E-state index contributed by atoms with van der Waals surface area (Å²) in [5.41, 5.74) is -3.54. The Kier molecular flexibility index (Phi) is 2.57. The second kappa shape index (κ2) is 3.72. The molecule has 1 aliphatic rings. The first-order valence-corrected chi connectivity index (χ1v) is 4.89. The molecule has 0 fully saturated rings. The van der Waals surface area contributed by atoms with Gasteiger partial charge in [0.1, 0.15) is 0 Å². The molecule has 0 aromatic heterocycles. The van der Waals surface area contributed by atoms with Gasteiger partial charge in [-0.25, -0.2) is 9.59 Å². The van der Waals surface area contributed by atoms with Gasteiger partial charge in [-0.3, -0.25) is 0 Å². The zero-order valence-electron chi connectivity index (χ0n) is 8.82. The molecule has 1 unspecified atom stereocenters. The first-order chi connectivity index (χ1) is 8.28. The van der Waals surface area contributed by atoms with Crippen LogP contribution in [0.4, 0.5) is 13.2 Å². The Hall–Kier alpha value is -2.05. The molecule has 18 heavy (non-hydrogen) atoms. The molecule has 2 rings (SSSR count). The number of carbonyl (C=O) groups is 2. The van der Waals surface area contributed by atoms with Gasteiger partial charge in [0, 0.05) is 6.42 Å². The maximum absolute atomic E-state index is 12.9. The minimum absolute atomic E-state index is 0.00785. The normalized spacial score (nSPS) is 23.2. The Morgan fingerprint density at radius 1 is 1.33 bits per heavy atom. The van der Waals surface area contributed by atoms with Crippen LogP contribution in [0.25, 0.3) is 0 Å². The average molecular weight is 260 g/mol. The first kappa shape index (κ1) is 12.4. The van der Waals surface area contributed by atoms with E-state index >= 15 is 0 Å². The van der Waals surface area contributed by atoms with Gasteiger partial charge >= 0.3 is 23.7 Å². The third-order valence-corrected chi connectivity index (χ3v) is 2.75. The van der Waals surface area contributed by atoms with Crippen LogP contribution in [-0.2, 0) is 16.0 Å². The molecule has 96 valence electrons. The maximum Gasteiger partial charge on any atom is 0.439 e. The summed E-state index contributed by atoms with van der Waals surface area (Å²) < 4.78 is 42.7. The smallest absolute Gasteiger partial charge is 0.439 e. The SMILES string of the molecule is O=C1OC(C(=O)O)(C(F)(F)F)Cc2ccccc21. The number of rotatable bonds is 1. The fraction of sp³-hybridized carbons (Fsp3) is 0.273. The zero-order chi connectivity index (χ0) is 13.6. The number of carboxylic acids is 1. The quantitative estimate of drug-likeness (QED) is 0.782. The monoisotopic (exact) mass is 260 g/mol. The van der Waals surface area contributed by atoms with E-state index < -0.39 is 30.1 Å². The molecule has 0 saturated carbocycles. The summed E-state index contributed by atoms with van der Waals surface area (Å²) in [5.74, 6) is -3.51. The van der Waals surface area contributed by atoms with E-state index in [0.29, 0.717) is 0 Å². The van der Waals surface area contributed by atoms with Crippen molar-refractivity contribution < 1.29 is 32.6 Å². The van der Waals surface area contributed by atoms with Crippen molar-refractivity contribution in [3.63, 3.8) is 0 Å². The summed E-state index contributed by atoms with van der Waals surface area (Å²) in [7, 11) is 0. The van der Waals surface area contributed by atoms with Gasteiger partial charge in [-0.2, -0.15) is 13.2 Å². The lowest BCUT2D eigenvalue weighted by molar-refractivity contribution is -0.260. The lowest BCUT2D eigenvalue weighted by Gasteiger charge is -2.34. The predicted molar refractivity (Wildman–Crippen MR) is 52.0 cm³/mol. The van der Waals surface area contributed by atoms with E-state index in [4.69, 9.17) is 5.11 Å². The van der Waals surface area contributed by atoms with Crippen LogP contribution in [0.3, 0.4) is 0 Å². The molecule has 1 atom stereocenters. The third kappa shape index (κ3) is 1.62. The summed E-state index contributed by atoms with van der Waals surface area (Å²) in [6.45, 7) is 0. The van der Waals surface area contributed by atoms with Crippen molar-refractivity contribution in [2.45, 2.75) is 18.2 Å². The molecule has 1 N–H and O–H groups in total. The predicted octanol–water partition coefficient (Wildman–Crippen LogP) is 1.79. The van der Waals surface area contributed by atoms with Crippen LogP contribution < -0.4 is 0 Å². The molecule has 0 radical (unpaired) electrons. The summed E-state index contributed by atoms with van der Waals surface area (Å²) in [4.78, 5) is 22.3. The Morgan fingerprint density at radius 3 is 2.50 bits per heavy atom. The number of carbonyl (C=O) groups excluding carboxylic acids is 1. The number of benzene rings is 1. The largest absolute Gasteiger partial charge is 0.478 e. The molecule has 0 spiro atoms. The first-order valence-electron chi connectivity index (χ1n) is 4.89. The topological polar surface area (TPSA) is 63.6 Å². The van der Waals surface area contributed by atoms with Crippen molar-refractivity contribution in [3.05, 3.63) is 35.4 Å². The standard InChI is InChI=1S/C11H7F3O4/c12-11(13,14)10(9(16)17)5-6-3-1-2-4-7(6)8(15)18-10/h1-4H,5H2,(H,16,17). The number of aliphatic carboxylic acids is 1. The number of carboxylic acid groups (broad SMARTS) is 1. The van der Waals surface area contributed by atoms with E-state index in [9.17, 15) is 22.8 Å². The van der Waals surface area contributed by atoms with E-state index in [1.54, 1.807) is 0 Å². The minimum atomic E-state index is -5.18. The lowest BCUT2D eigenvalue weighted by atomic mass is 9.88. The highest BCUT2D eigenvalue weighted by molar-refractivity contribution is 5.96. The molecule has 1 aromatic carbocycles. The van der Waals surface area contributed by atoms with Gasteiger partial charge in [-0.1, -0.05) is 18.2 Å². The fourth-order valence-electron chi connectivity index (χ4n) is 1.79. The number of fused-ring (bicyclic) bond motifs is 1. The van der Waals surface area contributed by atoms with Crippen molar-refractivity contribution in [2.75, 3.05) is 0 Å². The summed E-state index contributed by atoms with van der Waals surface area (Å²) in [5, 5.41) is 8.77. The van der Waals surface area contributed by atoms with E-state index in [-0.39, 0.29) is 11.1 Å². The van der Waals surface area contributed by atoms with Crippen LogP contribution in [-0.4, -0.2) is 28.8 Å². The number of cyclic esters (lactones) is 1. The van der Waals surface area contributed by atoms with E-state index in [1.807, 2.05) is 0 Å². The number of alkyl halides is 3. The number of ether oxygens (including phenoxy) is 1. The van der Waals surface area contributed by atoms with Crippen molar-refractivity contribution in [1.29, 1.82) is 0 Å². The molecule has 1 aliphatic heterocycles. The van der Waals surface area contributed by atoms with E-state index in [0.717, 1.165) is 0 Å². The van der Waals surface area contributed by atoms with Gasteiger partial charge in [0.15, 0.2) is 0 Å². The summed E-state index contributed by atoms with van der Waals surface area (Å²) in [6.07, 6.45) is -6.10. The Balaban J connectivity index is 2.57. The summed E-state index contributed by atoms with van der Waals surface area (Å²) in [6, 6.07) is 5.46. The molecular formula is C11H7F3O4. The van der Waals surface area contributed by atoms with Crippen molar-refractivity contribution in [1.82, 2.24) is 0 Å². The highest BCUT2D eigenvalue weighted by atomic mass is 19.4. The van der Waals surface area contributed by atoms with Crippen molar-refractivity contribution >= 4 is 11.9 Å². The van der Waals surface area contributed by atoms with Crippen LogP contribution in [0.2, 0.25) is 0 Å². The Bertz CT molecular complexity index is 523. The van der Waals surface area contributed by atoms with Gasteiger partial charge in [0.2, 0.25) is 0 Å². The zero-order valence-corrected chi connectivity index (χ0v) is 8.82. The molecule has 0 bridgehead atoms. The molecule has 1 aromatic rings. The van der Waals surface area contributed by atoms with Gasteiger partial charge in [-0.15, -0.1) is 0 Å². The maximum atomic E-state index is 12.9. The summed E-state index contributed by atoms with van der Waals surface area (Å²) >= 11 is 0. The number of hydrogen-bond acceptors (Lipinski definition) is 3. The van der Waals surface area contributed by atoms with Crippen LogP contribution in [0.15, 0.2) is 24.3 Å². The molecule has 0 saturated heterocycles. The average Bonchev–Trinajstić information content (AvgIpc) is 2.27. The Morgan fingerprint density at radius 2 is 1.94 bits per heavy atom. The molecule has 4 nitrogen and oxygen atoms in total. The van der Waals surface area contributed by atoms with Gasteiger partial charge in [0.05, 0.1) is 5.56 Å². The van der Waals surface area contributed by atoms with Crippen molar-refractivity contribution in [2.24, 2.45) is 0 Å². The second-order valence-corrected chi connectivity index (χ2v) is 3.85. The molecule has 0 amide bonds. The fourth-order valence-corrected chi connectivity index (χ4v) is 1.79. The van der Waals surface area contributed by atoms with Crippen LogP contribution in [0.5, 0.6) is 0 Å². The minimum Gasteiger partial charge on any atom is -0.478 e. The second-order valence-electron chi connectivity index (χ2n) is 3.85. The van der Waals surface area contributed by atoms with Crippen LogP contribution in [0.1, 0.15) is 15.9 Å². The molecule has 0 aliphatic carbocycles. The van der Waals surface area contributed by atoms with Crippen LogP contribution >= 0.6 is 0 Å².